The highest BCUT2D eigenvalue weighted by Crippen LogP contribution is 2.08. The Labute approximate surface area is 77.8 Å². The second kappa shape index (κ2) is 4.43. The Balaban J connectivity index is 2.46. The van der Waals surface area contributed by atoms with Crippen LogP contribution >= 0.6 is 0 Å². The quantitative estimate of drug-likeness (QED) is 0.619. The van der Waals surface area contributed by atoms with Crippen molar-refractivity contribution in [2.24, 2.45) is 5.73 Å². The van der Waals surface area contributed by atoms with Crippen LogP contribution in [0.3, 0.4) is 0 Å². The van der Waals surface area contributed by atoms with E-state index in [-0.39, 0.29) is 18.2 Å². The Bertz CT molecular complexity index is 184. The zero-order valence-electron chi connectivity index (χ0n) is 8.03. The van der Waals surface area contributed by atoms with E-state index in [9.17, 15) is 4.79 Å². The number of carbonyl (C=O) groups excluding carboxylic acids is 1. The Morgan fingerprint density at radius 2 is 2.46 bits per heavy atom. The predicted octanol–water partition coefficient (Wildman–Crippen LogP) is -0.199. The number of carbonyl (C=O) groups is 1. The first-order chi connectivity index (χ1) is 6.15. The van der Waals surface area contributed by atoms with Crippen LogP contribution in [-0.4, -0.2) is 49.9 Å². The van der Waals surface area contributed by atoms with E-state index >= 15 is 0 Å². The molecule has 2 atom stereocenters. The zero-order valence-corrected chi connectivity index (χ0v) is 8.03. The lowest BCUT2D eigenvalue weighted by Gasteiger charge is -2.33. The fourth-order valence-electron chi connectivity index (χ4n) is 1.29. The van der Waals surface area contributed by atoms with E-state index in [2.05, 4.69) is 4.74 Å². The lowest BCUT2D eigenvalue weighted by Crippen LogP contribution is -2.51. The minimum atomic E-state index is -0.311. The molecule has 0 aromatic rings. The van der Waals surface area contributed by atoms with Crippen molar-refractivity contribution in [1.29, 1.82) is 0 Å². The van der Waals surface area contributed by atoms with Gasteiger partial charge in [0.05, 0.1) is 26.4 Å². The van der Waals surface area contributed by atoms with Crippen molar-refractivity contribution in [2.45, 2.75) is 19.1 Å². The SMILES string of the molecule is COC(=O)N1CCOC(C(C)N)C1. The standard InChI is InChI=1S/C8H16N2O3/c1-6(9)7-5-10(3-4-13-7)8(11)12-2/h6-7H,3-5,9H2,1-2H3. The van der Waals surface area contributed by atoms with E-state index in [1.807, 2.05) is 6.92 Å². The zero-order chi connectivity index (χ0) is 9.84. The molecule has 76 valence electrons. The molecule has 0 aliphatic carbocycles. The molecule has 5 heteroatoms. The van der Waals surface area contributed by atoms with E-state index < -0.39 is 0 Å². The van der Waals surface area contributed by atoms with Gasteiger partial charge in [0.2, 0.25) is 0 Å². The molecule has 1 rings (SSSR count). The lowest BCUT2D eigenvalue weighted by atomic mass is 10.1. The lowest BCUT2D eigenvalue weighted by molar-refractivity contribution is -0.0330. The summed E-state index contributed by atoms with van der Waals surface area (Å²) < 4.78 is 10.00. The molecule has 0 aromatic heterocycles. The Hall–Kier alpha value is -0.810. The maximum absolute atomic E-state index is 11.1. The molecule has 1 aliphatic heterocycles. The van der Waals surface area contributed by atoms with Gasteiger partial charge in [-0.3, -0.25) is 0 Å². The summed E-state index contributed by atoms with van der Waals surface area (Å²) in [5.74, 6) is 0. The number of hydrogen-bond donors (Lipinski definition) is 1. The van der Waals surface area contributed by atoms with E-state index in [0.29, 0.717) is 19.7 Å². The molecular formula is C8H16N2O3. The first-order valence-electron chi connectivity index (χ1n) is 4.35. The van der Waals surface area contributed by atoms with Crippen LogP contribution in [0.2, 0.25) is 0 Å². The van der Waals surface area contributed by atoms with Crippen molar-refractivity contribution in [1.82, 2.24) is 4.90 Å². The third-order valence-corrected chi connectivity index (χ3v) is 2.11. The van der Waals surface area contributed by atoms with Gasteiger partial charge in [-0.15, -0.1) is 0 Å². The highest BCUT2D eigenvalue weighted by Gasteiger charge is 2.26. The molecule has 0 spiro atoms. The number of nitrogens with zero attached hydrogens (tertiary/aromatic N) is 1. The molecule has 2 unspecified atom stereocenters. The fraction of sp³-hybridized carbons (Fsp3) is 0.875. The van der Waals surface area contributed by atoms with Crippen molar-refractivity contribution in [3.8, 4) is 0 Å². The molecule has 1 heterocycles. The number of rotatable bonds is 1. The van der Waals surface area contributed by atoms with Gasteiger partial charge in [-0.1, -0.05) is 0 Å². The molecule has 13 heavy (non-hydrogen) atoms. The minimum absolute atomic E-state index is 0.0625. The Kier molecular flexibility index (Phi) is 3.50. The maximum Gasteiger partial charge on any atom is 0.409 e. The molecule has 1 fully saturated rings. The summed E-state index contributed by atoms with van der Waals surface area (Å²) in [4.78, 5) is 12.8. The molecular weight excluding hydrogens is 172 g/mol. The highest BCUT2D eigenvalue weighted by molar-refractivity contribution is 5.67. The van der Waals surface area contributed by atoms with E-state index in [0.717, 1.165) is 0 Å². The largest absolute Gasteiger partial charge is 0.453 e. The third kappa shape index (κ3) is 2.57. The van der Waals surface area contributed by atoms with Gasteiger partial charge in [0, 0.05) is 12.6 Å². The van der Waals surface area contributed by atoms with Gasteiger partial charge in [0.25, 0.3) is 0 Å². The van der Waals surface area contributed by atoms with Crippen LogP contribution in [-0.2, 0) is 9.47 Å². The van der Waals surface area contributed by atoms with Gasteiger partial charge >= 0.3 is 6.09 Å². The van der Waals surface area contributed by atoms with Crippen molar-refractivity contribution in [3.05, 3.63) is 0 Å². The normalized spacial score (nSPS) is 25.5. The molecule has 1 saturated heterocycles. The number of morpholine rings is 1. The van der Waals surface area contributed by atoms with Crippen molar-refractivity contribution in [3.63, 3.8) is 0 Å². The van der Waals surface area contributed by atoms with Crippen molar-refractivity contribution >= 4 is 6.09 Å². The molecule has 2 N–H and O–H groups in total. The van der Waals surface area contributed by atoms with Gasteiger partial charge in [-0.2, -0.15) is 0 Å². The molecule has 1 aliphatic rings. The number of methoxy groups -OCH3 is 1. The average molecular weight is 188 g/mol. The summed E-state index contributed by atoms with van der Waals surface area (Å²) in [6.07, 6.45) is -0.387. The highest BCUT2D eigenvalue weighted by atomic mass is 16.5. The van der Waals surface area contributed by atoms with E-state index in [1.165, 1.54) is 7.11 Å². The van der Waals surface area contributed by atoms with Gasteiger partial charge in [0.15, 0.2) is 0 Å². The van der Waals surface area contributed by atoms with Crippen LogP contribution in [0.1, 0.15) is 6.92 Å². The van der Waals surface area contributed by atoms with Crippen LogP contribution in [0.5, 0.6) is 0 Å². The third-order valence-electron chi connectivity index (χ3n) is 2.11. The first kappa shape index (κ1) is 10.3. The number of nitrogens with two attached hydrogens (primary N) is 1. The first-order valence-corrected chi connectivity index (χ1v) is 4.35. The molecule has 0 radical (unpaired) electrons. The minimum Gasteiger partial charge on any atom is -0.453 e. The average Bonchev–Trinajstić information content (AvgIpc) is 2.17. The number of hydrogen-bond acceptors (Lipinski definition) is 4. The summed E-state index contributed by atoms with van der Waals surface area (Å²) in [6, 6.07) is -0.0625. The predicted molar refractivity (Wildman–Crippen MR) is 47.4 cm³/mol. The number of amides is 1. The second-order valence-corrected chi connectivity index (χ2v) is 3.18. The van der Waals surface area contributed by atoms with Gasteiger partial charge < -0.3 is 20.1 Å². The summed E-state index contributed by atoms with van der Waals surface area (Å²) in [5.41, 5.74) is 5.67. The summed E-state index contributed by atoms with van der Waals surface area (Å²) in [6.45, 7) is 3.49. The fourth-order valence-corrected chi connectivity index (χ4v) is 1.29. The van der Waals surface area contributed by atoms with Crippen LogP contribution in [0, 0.1) is 0 Å². The van der Waals surface area contributed by atoms with Crippen LogP contribution in [0.25, 0.3) is 0 Å². The van der Waals surface area contributed by atoms with Crippen LogP contribution < -0.4 is 5.73 Å². The van der Waals surface area contributed by atoms with Gasteiger partial charge in [-0.05, 0) is 6.92 Å². The van der Waals surface area contributed by atoms with Crippen molar-refractivity contribution < 1.29 is 14.3 Å². The number of ether oxygens (including phenoxy) is 2. The second-order valence-electron chi connectivity index (χ2n) is 3.18. The smallest absolute Gasteiger partial charge is 0.409 e. The maximum atomic E-state index is 11.1. The van der Waals surface area contributed by atoms with E-state index in [4.69, 9.17) is 10.5 Å². The van der Waals surface area contributed by atoms with Gasteiger partial charge in [-0.25, -0.2) is 4.79 Å². The molecule has 0 saturated carbocycles. The molecule has 0 bridgehead atoms. The van der Waals surface area contributed by atoms with Crippen LogP contribution in [0.15, 0.2) is 0 Å². The van der Waals surface area contributed by atoms with Crippen molar-refractivity contribution in [2.75, 3.05) is 26.8 Å². The molecule has 0 aromatic carbocycles. The monoisotopic (exact) mass is 188 g/mol. The summed E-state index contributed by atoms with van der Waals surface area (Å²) in [5, 5.41) is 0. The van der Waals surface area contributed by atoms with Crippen LogP contribution in [0.4, 0.5) is 4.79 Å². The topological polar surface area (TPSA) is 64.8 Å². The molecule has 5 nitrogen and oxygen atoms in total. The van der Waals surface area contributed by atoms with Gasteiger partial charge in [0.1, 0.15) is 0 Å². The summed E-state index contributed by atoms with van der Waals surface area (Å²) >= 11 is 0. The van der Waals surface area contributed by atoms with E-state index in [1.54, 1.807) is 4.90 Å². The Morgan fingerprint density at radius 3 is 3.00 bits per heavy atom. The molecule has 1 amide bonds. The Morgan fingerprint density at radius 1 is 1.77 bits per heavy atom. The summed E-state index contributed by atoms with van der Waals surface area (Å²) in [7, 11) is 1.37.